The molecular weight excluding hydrogens is 361 g/mol. The van der Waals surface area contributed by atoms with Crippen molar-refractivity contribution in [3.8, 4) is 0 Å². The number of hydrogen-bond donors (Lipinski definition) is 8. The summed E-state index contributed by atoms with van der Waals surface area (Å²) in [5, 5.41) is 51.8. The Morgan fingerprint density at radius 1 is 1.40 bits per heavy atom. The van der Waals surface area contributed by atoms with Gasteiger partial charge < -0.3 is 45.4 Å². The molecule has 148 valence electrons. The molecule has 0 saturated carbocycles. The molecule has 1 fully saturated rings. The predicted molar refractivity (Wildman–Crippen MR) is 83.3 cm³/mol. The lowest BCUT2D eigenvalue weighted by atomic mass is 9.87. The molecular formula is C13H26NO10P. The molecule has 1 heterocycles. The summed E-state index contributed by atoms with van der Waals surface area (Å²) in [5.41, 5.74) is -1.30. The SMILES string of the molecule is CC(=O)N[C@H]1[C@H]([C@H](O)[C@H](O)CO)O[C@](O)(CC(C)P(=O)(O)O)C[C@@H]1O. The summed E-state index contributed by atoms with van der Waals surface area (Å²) in [6, 6.07) is -1.21. The molecule has 1 rings (SSSR count). The highest BCUT2D eigenvalue weighted by Crippen LogP contribution is 2.46. The van der Waals surface area contributed by atoms with Crippen molar-refractivity contribution in [1.29, 1.82) is 0 Å². The number of ether oxygens (including phenoxy) is 1. The Bertz CT molecular complexity index is 513. The smallest absolute Gasteiger partial charge is 0.328 e. The van der Waals surface area contributed by atoms with E-state index in [1.54, 1.807) is 0 Å². The van der Waals surface area contributed by atoms with Crippen LogP contribution in [0.5, 0.6) is 0 Å². The molecule has 0 aromatic carbocycles. The molecule has 11 nitrogen and oxygen atoms in total. The molecule has 0 aromatic rings. The standard InChI is InChI=1S/C13H26NO10P/c1-6(25(21,22)23)3-13(20)4-8(17)10(14-7(2)16)12(24-13)11(19)9(18)5-15/h6,8-12,15,17-20H,3-5H2,1-2H3,(H,14,16)(H2,21,22,23)/t6?,8-,9+,10+,11+,12+,13+/m0/s1. The normalized spacial score (nSPS) is 34.2. The first-order chi connectivity index (χ1) is 11.3. The zero-order chi connectivity index (χ0) is 19.6. The number of carbonyl (C=O) groups excluding carboxylic acids is 1. The zero-order valence-electron chi connectivity index (χ0n) is 13.9. The summed E-state index contributed by atoms with van der Waals surface area (Å²) in [6.45, 7) is 1.49. The van der Waals surface area contributed by atoms with Crippen LogP contribution < -0.4 is 5.32 Å². The molecule has 12 heteroatoms. The first-order valence-electron chi connectivity index (χ1n) is 7.68. The second-order valence-electron chi connectivity index (χ2n) is 6.41. The first kappa shape index (κ1) is 22.4. The minimum atomic E-state index is -4.54. The van der Waals surface area contributed by atoms with Gasteiger partial charge in [-0.2, -0.15) is 0 Å². The van der Waals surface area contributed by atoms with E-state index < -0.39 is 74.9 Å². The Morgan fingerprint density at radius 2 is 1.96 bits per heavy atom. The van der Waals surface area contributed by atoms with E-state index in [0.717, 1.165) is 6.92 Å². The van der Waals surface area contributed by atoms with Gasteiger partial charge in [0.2, 0.25) is 5.91 Å². The van der Waals surface area contributed by atoms with Gasteiger partial charge in [-0.15, -0.1) is 0 Å². The third-order valence-corrected chi connectivity index (χ3v) is 5.46. The van der Waals surface area contributed by atoms with Crippen LogP contribution in [0.2, 0.25) is 0 Å². The Hall–Kier alpha value is -0.620. The van der Waals surface area contributed by atoms with Gasteiger partial charge in [0.25, 0.3) is 0 Å². The van der Waals surface area contributed by atoms with Crippen molar-refractivity contribution >= 4 is 13.5 Å². The fraction of sp³-hybridized carbons (Fsp3) is 0.923. The summed E-state index contributed by atoms with van der Waals surface area (Å²) in [4.78, 5) is 29.6. The quantitative estimate of drug-likeness (QED) is 0.208. The Balaban J connectivity index is 3.08. The van der Waals surface area contributed by atoms with Gasteiger partial charge in [-0.1, -0.05) is 6.92 Å². The minimum Gasteiger partial charge on any atom is -0.394 e. The van der Waals surface area contributed by atoms with Crippen molar-refractivity contribution in [2.45, 2.75) is 68.6 Å². The number of amides is 1. The number of carbonyl (C=O) groups is 1. The Morgan fingerprint density at radius 3 is 2.40 bits per heavy atom. The molecule has 25 heavy (non-hydrogen) atoms. The van der Waals surface area contributed by atoms with E-state index in [1.165, 1.54) is 6.92 Å². The van der Waals surface area contributed by atoms with Crippen LogP contribution in [0.1, 0.15) is 26.7 Å². The van der Waals surface area contributed by atoms with Gasteiger partial charge in [-0.25, -0.2) is 0 Å². The van der Waals surface area contributed by atoms with Gasteiger partial charge >= 0.3 is 7.60 Å². The fourth-order valence-electron chi connectivity index (χ4n) is 2.78. The number of nitrogens with one attached hydrogen (secondary N) is 1. The van der Waals surface area contributed by atoms with E-state index in [4.69, 9.17) is 9.84 Å². The van der Waals surface area contributed by atoms with Crippen molar-refractivity contribution < 1.29 is 49.4 Å². The second-order valence-corrected chi connectivity index (χ2v) is 8.47. The van der Waals surface area contributed by atoms with Crippen LogP contribution in [0.25, 0.3) is 0 Å². The van der Waals surface area contributed by atoms with Crippen LogP contribution >= 0.6 is 7.60 Å². The molecule has 1 unspecified atom stereocenters. The lowest BCUT2D eigenvalue weighted by Crippen LogP contribution is -2.65. The van der Waals surface area contributed by atoms with Gasteiger partial charge in [0.05, 0.1) is 24.4 Å². The van der Waals surface area contributed by atoms with E-state index in [-0.39, 0.29) is 0 Å². The summed E-state index contributed by atoms with van der Waals surface area (Å²) in [5.74, 6) is -2.78. The largest absolute Gasteiger partial charge is 0.394 e. The van der Waals surface area contributed by atoms with Crippen molar-refractivity contribution in [2.75, 3.05) is 6.61 Å². The van der Waals surface area contributed by atoms with Gasteiger partial charge in [0.15, 0.2) is 5.79 Å². The average Bonchev–Trinajstić information content (AvgIpc) is 2.46. The molecule has 1 amide bonds. The van der Waals surface area contributed by atoms with Crippen molar-refractivity contribution in [2.24, 2.45) is 0 Å². The fourth-order valence-corrected chi connectivity index (χ4v) is 3.30. The van der Waals surface area contributed by atoms with E-state index in [2.05, 4.69) is 5.32 Å². The average molecular weight is 387 g/mol. The molecule has 1 aliphatic heterocycles. The number of hydrogen-bond acceptors (Lipinski definition) is 8. The maximum atomic E-state index is 11.3. The highest BCUT2D eigenvalue weighted by atomic mass is 31.2. The van der Waals surface area contributed by atoms with E-state index in [9.17, 15) is 39.6 Å². The van der Waals surface area contributed by atoms with Crippen molar-refractivity contribution in [3.63, 3.8) is 0 Å². The lowest BCUT2D eigenvalue weighted by Gasteiger charge is -2.47. The number of rotatable bonds is 7. The van der Waals surface area contributed by atoms with Gasteiger partial charge in [-0.05, 0) is 0 Å². The molecule has 8 N–H and O–H groups in total. The summed E-state index contributed by atoms with van der Waals surface area (Å²) < 4.78 is 16.6. The third kappa shape index (κ3) is 5.95. The molecule has 1 aliphatic rings. The van der Waals surface area contributed by atoms with Crippen LogP contribution in [0, 0.1) is 0 Å². The number of aliphatic hydroxyl groups excluding tert-OH is 4. The summed E-state index contributed by atoms with van der Waals surface area (Å²) >= 11 is 0. The number of aliphatic hydroxyl groups is 5. The monoisotopic (exact) mass is 387 g/mol. The van der Waals surface area contributed by atoms with E-state index >= 15 is 0 Å². The molecule has 0 bridgehead atoms. The predicted octanol–water partition coefficient (Wildman–Crippen LogP) is -3.00. The van der Waals surface area contributed by atoms with Gasteiger partial charge in [0, 0.05) is 19.8 Å². The second kappa shape index (κ2) is 8.38. The highest BCUT2D eigenvalue weighted by Gasteiger charge is 2.51. The third-order valence-electron chi connectivity index (χ3n) is 4.13. The Kier molecular flexibility index (Phi) is 7.52. The van der Waals surface area contributed by atoms with Gasteiger partial charge in [0.1, 0.15) is 18.3 Å². The molecule has 0 spiro atoms. The molecule has 7 atom stereocenters. The van der Waals surface area contributed by atoms with Crippen LogP contribution in [0.15, 0.2) is 0 Å². The minimum absolute atomic E-state index is 0.485. The van der Waals surface area contributed by atoms with E-state index in [0.29, 0.717) is 0 Å². The van der Waals surface area contributed by atoms with Crippen LogP contribution in [-0.2, 0) is 14.1 Å². The maximum Gasteiger partial charge on any atom is 0.328 e. The first-order valence-corrected chi connectivity index (χ1v) is 9.36. The maximum absolute atomic E-state index is 11.3. The topological polar surface area (TPSA) is 197 Å². The molecule has 0 aromatic heterocycles. The van der Waals surface area contributed by atoms with Crippen molar-refractivity contribution in [1.82, 2.24) is 5.32 Å². The molecule has 0 aliphatic carbocycles. The molecule has 0 radical (unpaired) electrons. The summed E-state index contributed by atoms with van der Waals surface area (Å²) in [7, 11) is -4.54. The highest BCUT2D eigenvalue weighted by molar-refractivity contribution is 7.52. The summed E-state index contributed by atoms with van der Waals surface area (Å²) in [6.07, 6.45) is -7.47. The van der Waals surface area contributed by atoms with Crippen LogP contribution in [0.3, 0.4) is 0 Å². The zero-order valence-corrected chi connectivity index (χ0v) is 14.8. The van der Waals surface area contributed by atoms with E-state index in [1.807, 2.05) is 0 Å². The Labute approximate surface area is 144 Å². The lowest BCUT2D eigenvalue weighted by molar-refractivity contribution is -0.303. The van der Waals surface area contributed by atoms with Crippen LogP contribution in [0.4, 0.5) is 0 Å². The van der Waals surface area contributed by atoms with Crippen molar-refractivity contribution in [3.05, 3.63) is 0 Å². The molecule has 1 saturated heterocycles. The van der Waals surface area contributed by atoms with Crippen LogP contribution in [-0.4, -0.2) is 89.7 Å². The van der Waals surface area contributed by atoms with Gasteiger partial charge in [-0.3, -0.25) is 9.36 Å².